The van der Waals surface area contributed by atoms with Crippen molar-refractivity contribution in [2.24, 2.45) is 9.46 Å². The van der Waals surface area contributed by atoms with E-state index in [0.717, 1.165) is 55.3 Å². The van der Waals surface area contributed by atoms with Gasteiger partial charge in [0.05, 0.1) is 25.5 Å². The van der Waals surface area contributed by atoms with Gasteiger partial charge < -0.3 is 14.8 Å². The van der Waals surface area contributed by atoms with Crippen molar-refractivity contribution in [1.82, 2.24) is 9.73 Å². The van der Waals surface area contributed by atoms with Crippen molar-refractivity contribution in [3.63, 3.8) is 0 Å². The molecule has 2 aliphatic heterocycles. The fourth-order valence-electron chi connectivity index (χ4n) is 5.52. The van der Waals surface area contributed by atoms with E-state index in [1.807, 2.05) is 0 Å². The normalized spacial score (nSPS) is 28.8. The van der Waals surface area contributed by atoms with Crippen LogP contribution in [0.5, 0.6) is 0 Å². The second-order valence-corrected chi connectivity index (χ2v) is 11.7. The Kier molecular flexibility index (Phi) is 6.00. The number of benzene rings is 1. The Morgan fingerprint density at radius 2 is 2.03 bits per heavy atom. The lowest BCUT2D eigenvalue weighted by molar-refractivity contribution is -0.0417. The summed E-state index contributed by atoms with van der Waals surface area (Å²) in [6.45, 7) is 2.47. The fourth-order valence-corrected chi connectivity index (χ4v) is 7.04. The molecule has 10 nitrogen and oxygen atoms in total. The summed E-state index contributed by atoms with van der Waals surface area (Å²) >= 11 is 0. The third-order valence-electron chi connectivity index (χ3n) is 7.36. The van der Waals surface area contributed by atoms with E-state index >= 15 is 0 Å². The van der Waals surface area contributed by atoms with Crippen LogP contribution in [0.15, 0.2) is 15.5 Å². The minimum Gasteiger partial charge on any atom is -0.379 e. The molecule has 1 fully saturated rings. The van der Waals surface area contributed by atoms with Crippen LogP contribution in [-0.4, -0.2) is 58.8 Å². The lowest BCUT2D eigenvalue weighted by Crippen LogP contribution is -2.55. The van der Waals surface area contributed by atoms with Crippen LogP contribution in [0.3, 0.4) is 0 Å². The Morgan fingerprint density at radius 3 is 2.68 bits per heavy atom. The van der Waals surface area contributed by atoms with Crippen molar-refractivity contribution in [3.05, 3.63) is 28.3 Å². The van der Waals surface area contributed by atoms with E-state index in [1.54, 1.807) is 25.2 Å². The maximum absolute atomic E-state index is 14.1. The Labute approximate surface area is 200 Å². The van der Waals surface area contributed by atoms with Gasteiger partial charge in [-0.3, -0.25) is 5.01 Å². The number of aryl methyl sites for hydroxylation is 2. The van der Waals surface area contributed by atoms with Crippen LogP contribution in [0.2, 0.25) is 0 Å². The quantitative estimate of drug-likeness (QED) is 0.497. The van der Waals surface area contributed by atoms with Gasteiger partial charge in [-0.25, -0.2) is 13.7 Å². The monoisotopic (exact) mass is 486 g/mol. The Balaban J connectivity index is 1.48. The Bertz CT molecular complexity index is 1170. The van der Waals surface area contributed by atoms with Gasteiger partial charge in [0.2, 0.25) is 0 Å². The summed E-state index contributed by atoms with van der Waals surface area (Å²) in [7, 11) is -2.00. The number of hydrazone groups is 1. The molecule has 0 spiro atoms. The molecule has 1 aromatic rings. The second kappa shape index (κ2) is 8.83. The van der Waals surface area contributed by atoms with Crippen LogP contribution < -0.4 is 10.0 Å². The molecule has 3 unspecified atom stereocenters. The van der Waals surface area contributed by atoms with Crippen molar-refractivity contribution in [3.8, 4) is 6.19 Å². The zero-order valence-electron chi connectivity index (χ0n) is 19.5. The highest BCUT2D eigenvalue weighted by Crippen LogP contribution is 2.39. The number of nitriles is 1. The summed E-state index contributed by atoms with van der Waals surface area (Å²) in [5, 5.41) is 18.4. The topological polar surface area (TPSA) is 128 Å². The molecule has 2 N–H and O–H groups in total. The first-order valence-electron chi connectivity index (χ1n) is 11.7. The van der Waals surface area contributed by atoms with Gasteiger partial charge in [0.25, 0.3) is 0 Å². The van der Waals surface area contributed by atoms with Gasteiger partial charge in [-0.15, -0.1) is 4.36 Å². The molecule has 0 aromatic heterocycles. The minimum atomic E-state index is -3.63. The van der Waals surface area contributed by atoms with E-state index in [4.69, 9.17) is 9.47 Å². The Morgan fingerprint density at radius 1 is 1.32 bits per heavy atom. The highest BCUT2D eigenvalue weighted by molar-refractivity contribution is 7.94. The van der Waals surface area contributed by atoms with Crippen LogP contribution in [0.4, 0.5) is 10.5 Å². The molecule has 1 saturated heterocycles. The number of anilines is 1. The molecule has 1 aromatic carbocycles. The van der Waals surface area contributed by atoms with E-state index in [9.17, 15) is 14.3 Å². The number of nitrogens with zero attached hydrogens (tertiary/aromatic N) is 4. The molecule has 182 valence electrons. The minimum absolute atomic E-state index is 0.0908. The van der Waals surface area contributed by atoms with Gasteiger partial charge in [0.1, 0.15) is 0 Å². The van der Waals surface area contributed by atoms with Gasteiger partial charge >= 0.3 is 6.03 Å². The lowest BCUT2D eigenvalue weighted by Gasteiger charge is -2.33. The predicted molar refractivity (Wildman–Crippen MR) is 128 cm³/mol. The zero-order chi connectivity index (χ0) is 23.9. The second-order valence-electron chi connectivity index (χ2n) is 9.42. The van der Waals surface area contributed by atoms with Gasteiger partial charge in [-0.1, -0.05) is 6.07 Å². The third kappa shape index (κ3) is 3.74. The number of nitrogens with one attached hydrogen (secondary N) is 2. The standard InChI is InChI=1S/C23H30N6O4S/c1-23(13-25-29-12-17(32-2)9-10-33-21(23)29)34(31,26-14-24)28-22(30)27-20-18-7-3-5-15(18)11-16-6-4-8-19(16)20/h11,13,17,21H,3-10,12H2,1-2H3,(H2,26,27,28,30,31)/t17-,21?,23?,34?/m0/s1. The van der Waals surface area contributed by atoms with E-state index in [0.29, 0.717) is 19.6 Å². The van der Waals surface area contributed by atoms with E-state index in [1.165, 1.54) is 17.3 Å². The molecule has 0 saturated carbocycles. The maximum Gasteiger partial charge on any atom is 0.355 e. The van der Waals surface area contributed by atoms with E-state index in [-0.39, 0.29) is 6.10 Å². The number of hydrogen-bond acceptors (Lipinski definition) is 7. The van der Waals surface area contributed by atoms with Crippen molar-refractivity contribution in [2.45, 2.75) is 68.9 Å². The van der Waals surface area contributed by atoms with Crippen molar-refractivity contribution in [1.29, 1.82) is 5.26 Å². The number of ether oxygens (including phenoxy) is 2. The number of carbonyl (C=O) groups excluding carboxylic acids is 1. The summed E-state index contributed by atoms with van der Waals surface area (Å²) in [6.07, 6.45) is 8.93. The predicted octanol–water partition coefficient (Wildman–Crippen LogP) is 2.47. The van der Waals surface area contributed by atoms with Gasteiger partial charge in [0, 0.05) is 12.8 Å². The average molecular weight is 487 g/mol. The lowest BCUT2D eigenvalue weighted by atomic mass is 9.99. The highest BCUT2D eigenvalue weighted by Gasteiger charge is 2.53. The number of fused-ring (bicyclic) bond motifs is 3. The number of amides is 2. The molecule has 11 heteroatoms. The SMILES string of the molecule is CO[C@H]1CCOC2N(C1)N=CC2(C)S(=O)(=NC(=O)Nc1c2c(cc3c1CCC3)CCC2)NC#N. The molecule has 5 rings (SSSR count). The number of carbonyl (C=O) groups is 1. The first-order chi connectivity index (χ1) is 16.4. The van der Waals surface area contributed by atoms with Crippen LogP contribution in [0, 0.1) is 11.5 Å². The molecular formula is C23H30N6O4S. The van der Waals surface area contributed by atoms with Crippen molar-refractivity contribution >= 4 is 27.8 Å². The molecule has 2 heterocycles. The summed E-state index contributed by atoms with van der Waals surface area (Å²) in [6, 6.07) is 1.54. The molecule has 0 bridgehead atoms. The smallest absolute Gasteiger partial charge is 0.355 e. The maximum atomic E-state index is 14.1. The van der Waals surface area contributed by atoms with Crippen molar-refractivity contribution in [2.75, 3.05) is 25.6 Å². The summed E-state index contributed by atoms with van der Waals surface area (Å²) < 4.78 is 30.6. The molecule has 2 amide bonds. The van der Waals surface area contributed by atoms with Gasteiger partial charge in [-0.2, -0.15) is 10.4 Å². The fraction of sp³-hybridized carbons (Fsp3) is 0.609. The number of rotatable bonds is 4. The average Bonchev–Trinajstić information content (AvgIpc) is 3.50. The largest absolute Gasteiger partial charge is 0.379 e. The van der Waals surface area contributed by atoms with Crippen LogP contribution in [0.1, 0.15) is 48.4 Å². The molecule has 2 aliphatic carbocycles. The third-order valence-corrected chi connectivity index (χ3v) is 9.65. The number of methoxy groups -OCH3 is 1. The molecule has 0 radical (unpaired) electrons. The zero-order valence-corrected chi connectivity index (χ0v) is 20.3. The summed E-state index contributed by atoms with van der Waals surface area (Å²) in [5.41, 5.74) is 5.67. The summed E-state index contributed by atoms with van der Waals surface area (Å²) in [4.78, 5) is 13.2. The highest BCUT2D eigenvalue weighted by atomic mass is 32.2. The van der Waals surface area contributed by atoms with Crippen molar-refractivity contribution < 1.29 is 18.5 Å². The van der Waals surface area contributed by atoms with Crippen LogP contribution in [0.25, 0.3) is 0 Å². The summed E-state index contributed by atoms with van der Waals surface area (Å²) in [5.74, 6) is 0. The van der Waals surface area contributed by atoms with Gasteiger partial charge in [-0.05, 0) is 74.1 Å². The number of urea groups is 1. The first kappa shape index (κ1) is 23.1. The first-order valence-corrected chi connectivity index (χ1v) is 13.3. The van der Waals surface area contributed by atoms with Crippen LogP contribution in [-0.2, 0) is 45.1 Å². The Hall–Kier alpha value is -2.68. The number of hydrogen-bond donors (Lipinski definition) is 2. The van der Waals surface area contributed by atoms with E-state index < -0.39 is 26.9 Å². The molecule has 34 heavy (non-hydrogen) atoms. The van der Waals surface area contributed by atoms with Gasteiger partial charge in [0.15, 0.2) is 27.1 Å². The molecule has 4 aliphatic rings. The van der Waals surface area contributed by atoms with Crippen LogP contribution >= 0.6 is 0 Å². The van der Waals surface area contributed by atoms with E-state index in [2.05, 4.69) is 25.6 Å². The molecular weight excluding hydrogens is 456 g/mol. The molecule has 4 atom stereocenters.